The molecule has 3 fully saturated rings. The summed E-state index contributed by atoms with van der Waals surface area (Å²) in [7, 11) is 0. The average Bonchev–Trinajstić information content (AvgIpc) is 2.98. The fraction of sp³-hybridized carbons (Fsp3) is 0.750. The predicted octanol–water partition coefficient (Wildman–Crippen LogP) is 0.379. The molecule has 122 valence electrons. The highest BCUT2D eigenvalue weighted by Gasteiger charge is 2.52. The van der Waals surface area contributed by atoms with Crippen LogP contribution in [0.2, 0.25) is 0 Å². The van der Waals surface area contributed by atoms with Crippen LogP contribution in [0.1, 0.15) is 25.7 Å². The van der Waals surface area contributed by atoms with Gasteiger partial charge in [0, 0.05) is 26.3 Å². The lowest BCUT2D eigenvalue weighted by Crippen LogP contribution is -2.36. The zero-order chi connectivity index (χ0) is 15.5. The number of carbonyl (C=O) groups is 2. The Hall–Kier alpha value is -1.40. The lowest BCUT2D eigenvalue weighted by molar-refractivity contribution is -0.127. The molecule has 0 aromatic carbocycles. The zero-order valence-electron chi connectivity index (χ0n) is 12.8. The second-order valence-corrected chi connectivity index (χ2v) is 6.29. The highest BCUT2D eigenvalue weighted by molar-refractivity contribution is 5.99. The van der Waals surface area contributed by atoms with Gasteiger partial charge in [-0.2, -0.15) is 0 Å². The van der Waals surface area contributed by atoms with Crippen LogP contribution in [0.4, 0.5) is 0 Å². The van der Waals surface area contributed by atoms with E-state index < -0.39 is 0 Å². The quantitative estimate of drug-likeness (QED) is 0.696. The first-order valence-electron chi connectivity index (χ1n) is 8.14. The molecule has 1 saturated carbocycles. The number of nitrogens with one attached hydrogen (secondary N) is 2. The van der Waals surface area contributed by atoms with Gasteiger partial charge in [-0.05, 0) is 25.7 Å². The molecule has 2 amide bonds. The van der Waals surface area contributed by atoms with E-state index >= 15 is 0 Å². The minimum atomic E-state index is -0.383. The molecule has 3 rings (SSSR count). The van der Waals surface area contributed by atoms with E-state index in [1.807, 2.05) is 0 Å². The molecule has 6 nitrogen and oxygen atoms in total. The second kappa shape index (κ2) is 6.79. The number of ether oxygens (including phenoxy) is 2. The molecule has 0 unspecified atom stereocenters. The van der Waals surface area contributed by atoms with Gasteiger partial charge in [0.2, 0.25) is 11.8 Å². The van der Waals surface area contributed by atoms with Gasteiger partial charge in [-0.15, -0.1) is 0 Å². The van der Waals surface area contributed by atoms with E-state index in [1.165, 1.54) is 0 Å². The van der Waals surface area contributed by atoms with Gasteiger partial charge in [-0.1, -0.05) is 12.2 Å². The first-order valence-corrected chi connectivity index (χ1v) is 8.14. The maximum Gasteiger partial charge on any atom is 0.228 e. The van der Waals surface area contributed by atoms with E-state index in [4.69, 9.17) is 9.47 Å². The summed E-state index contributed by atoms with van der Waals surface area (Å²) in [5.74, 6) is -0.993. The summed E-state index contributed by atoms with van der Waals surface area (Å²) in [5, 5.41) is 5.74. The molecule has 22 heavy (non-hydrogen) atoms. The van der Waals surface area contributed by atoms with Crippen molar-refractivity contribution in [3.05, 3.63) is 12.2 Å². The molecular formula is C16H24N2O4. The highest BCUT2D eigenvalue weighted by atomic mass is 16.5. The van der Waals surface area contributed by atoms with Crippen molar-refractivity contribution in [1.29, 1.82) is 0 Å². The zero-order valence-corrected chi connectivity index (χ0v) is 12.8. The van der Waals surface area contributed by atoms with Gasteiger partial charge in [0.25, 0.3) is 0 Å². The Morgan fingerprint density at radius 3 is 1.77 bits per heavy atom. The maximum absolute atomic E-state index is 12.1. The van der Waals surface area contributed by atoms with E-state index in [2.05, 4.69) is 17.2 Å². The lowest BCUT2D eigenvalue weighted by atomic mass is 10.2. The van der Waals surface area contributed by atoms with Crippen LogP contribution in [0.3, 0.4) is 0 Å². The van der Waals surface area contributed by atoms with Gasteiger partial charge < -0.3 is 20.1 Å². The Kier molecular flexibility index (Phi) is 4.78. The van der Waals surface area contributed by atoms with Crippen LogP contribution in [0.15, 0.2) is 12.2 Å². The molecule has 2 aliphatic heterocycles. The Morgan fingerprint density at radius 2 is 1.41 bits per heavy atom. The van der Waals surface area contributed by atoms with E-state index in [0.717, 1.165) is 38.9 Å². The van der Waals surface area contributed by atoms with E-state index in [0.29, 0.717) is 18.7 Å². The molecule has 3 aliphatic rings. The van der Waals surface area contributed by atoms with Crippen molar-refractivity contribution >= 4 is 11.8 Å². The van der Waals surface area contributed by atoms with Crippen molar-refractivity contribution in [2.45, 2.75) is 37.9 Å². The number of hydrogen-bond acceptors (Lipinski definition) is 4. The normalized spacial score (nSPS) is 33.7. The summed E-state index contributed by atoms with van der Waals surface area (Å²) in [4.78, 5) is 24.2. The third-order valence-corrected chi connectivity index (χ3v) is 4.64. The second-order valence-electron chi connectivity index (χ2n) is 6.29. The van der Waals surface area contributed by atoms with Crippen molar-refractivity contribution in [3.63, 3.8) is 0 Å². The molecule has 2 N–H and O–H groups in total. The Bertz CT molecular complexity index is 413. The van der Waals surface area contributed by atoms with Gasteiger partial charge >= 0.3 is 0 Å². The molecule has 0 spiro atoms. The Morgan fingerprint density at radius 1 is 0.955 bits per heavy atom. The van der Waals surface area contributed by atoms with Gasteiger partial charge in [-0.3, -0.25) is 9.59 Å². The van der Waals surface area contributed by atoms with Crippen molar-refractivity contribution in [2.24, 2.45) is 11.8 Å². The fourth-order valence-corrected chi connectivity index (χ4v) is 3.21. The third kappa shape index (κ3) is 3.50. The summed E-state index contributed by atoms with van der Waals surface area (Å²) in [5.41, 5.74) is 0.703. The molecule has 0 aromatic heterocycles. The Balaban J connectivity index is 1.39. The molecule has 0 radical (unpaired) electrons. The van der Waals surface area contributed by atoms with Gasteiger partial charge in [0.1, 0.15) is 0 Å². The SMILES string of the molecule is C=C1[C@@H](C(=O)NC[C@@H]2CCCO2)[C@@H]1C(=O)NC[C@@H]1CCCO1. The molecule has 2 saturated heterocycles. The minimum absolute atomic E-state index is 0.113. The van der Waals surface area contributed by atoms with Gasteiger partial charge in [0.05, 0.1) is 24.0 Å². The topological polar surface area (TPSA) is 76.7 Å². The smallest absolute Gasteiger partial charge is 0.228 e. The van der Waals surface area contributed by atoms with Crippen LogP contribution >= 0.6 is 0 Å². The summed E-state index contributed by atoms with van der Waals surface area (Å²) >= 11 is 0. The average molecular weight is 308 g/mol. The minimum Gasteiger partial charge on any atom is -0.376 e. The molecule has 0 bridgehead atoms. The van der Waals surface area contributed by atoms with Crippen LogP contribution < -0.4 is 10.6 Å². The van der Waals surface area contributed by atoms with Crippen LogP contribution in [0.5, 0.6) is 0 Å². The molecular weight excluding hydrogens is 284 g/mol. The van der Waals surface area contributed by atoms with Crippen molar-refractivity contribution in [3.8, 4) is 0 Å². The third-order valence-electron chi connectivity index (χ3n) is 4.64. The summed E-state index contributed by atoms with van der Waals surface area (Å²) < 4.78 is 10.9. The molecule has 6 heteroatoms. The van der Waals surface area contributed by atoms with Gasteiger partial charge in [-0.25, -0.2) is 0 Å². The first-order chi connectivity index (χ1) is 10.7. The fourth-order valence-electron chi connectivity index (χ4n) is 3.21. The van der Waals surface area contributed by atoms with E-state index in [1.54, 1.807) is 0 Å². The number of carbonyl (C=O) groups excluding carboxylic acids is 2. The molecule has 1 aliphatic carbocycles. The molecule has 2 heterocycles. The van der Waals surface area contributed by atoms with Gasteiger partial charge in [0.15, 0.2) is 0 Å². The summed E-state index contributed by atoms with van der Waals surface area (Å²) in [6.45, 7) is 6.43. The standard InChI is InChI=1S/C16H24N2O4/c1-10-13(15(19)17-8-11-4-2-6-21-11)14(10)16(20)18-9-12-5-3-7-22-12/h11-14H,1-9H2,(H,17,19)(H,18,20)/t11-,12-,13+,14+/m0/s1. The van der Waals surface area contributed by atoms with Crippen molar-refractivity contribution in [2.75, 3.05) is 26.3 Å². The maximum atomic E-state index is 12.1. The number of rotatable bonds is 6. The largest absolute Gasteiger partial charge is 0.376 e. The summed E-state index contributed by atoms with van der Waals surface area (Å²) in [6, 6.07) is 0. The first kappa shape index (κ1) is 15.5. The molecule has 4 atom stereocenters. The lowest BCUT2D eigenvalue weighted by Gasteiger charge is -2.11. The van der Waals surface area contributed by atoms with Crippen LogP contribution in [0.25, 0.3) is 0 Å². The number of hydrogen-bond donors (Lipinski definition) is 2. The highest BCUT2D eigenvalue weighted by Crippen LogP contribution is 2.44. The molecule has 0 aromatic rings. The van der Waals surface area contributed by atoms with Crippen LogP contribution in [0, 0.1) is 11.8 Å². The monoisotopic (exact) mass is 308 g/mol. The van der Waals surface area contributed by atoms with E-state index in [-0.39, 0.29) is 35.9 Å². The van der Waals surface area contributed by atoms with Crippen LogP contribution in [-0.2, 0) is 19.1 Å². The van der Waals surface area contributed by atoms with Crippen molar-refractivity contribution < 1.29 is 19.1 Å². The predicted molar refractivity (Wildman–Crippen MR) is 80.1 cm³/mol. The number of amides is 2. The van der Waals surface area contributed by atoms with Crippen LogP contribution in [-0.4, -0.2) is 50.3 Å². The summed E-state index contributed by atoms with van der Waals surface area (Å²) in [6.07, 6.45) is 4.29. The van der Waals surface area contributed by atoms with E-state index in [9.17, 15) is 9.59 Å². The Labute approximate surface area is 130 Å². The van der Waals surface area contributed by atoms with Crippen molar-refractivity contribution in [1.82, 2.24) is 10.6 Å².